The lowest BCUT2D eigenvalue weighted by Crippen LogP contribution is -2.11. The summed E-state index contributed by atoms with van der Waals surface area (Å²) in [7, 11) is 0. The lowest BCUT2D eigenvalue weighted by molar-refractivity contribution is 0.332. The van der Waals surface area contributed by atoms with Crippen molar-refractivity contribution in [3.05, 3.63) is 58.4 Å². The van der Waals surface area contributed by atoms with Crippen molar-refractivity contribution in [3.63, 3.8) is 0 Å². The highest BCUT2D eigenvalue weighted by Crippen LogP contribution is 2.19. The molecule has 0 saturated carbocycles. The van der Waals surface area contributed by atoms with Crippen molar-refractivity contribution in [2.24, 2.45) is 0 Å². The van der Waals surface area contributed by atoms with Crippen LogP contribution in [0.25, 0.3) is 0 Å². The number of benzene rings is 2. The van der Waals surface area contributed by atoms with Crippen LogP contribution in [-0.4, -0.2) is 13.2 Å². The number of aryl methyl sites for hydroxylation is 2. The molecule has 0 fully saturated rings. The zero-order valence-corrected chi connectivity index (χ0v) is 12.3. The van der Waals surface area contributed by atoms with E-state index >= 15 is 0 Å². The van der Waals surface area contributed by atoms with Crippen LogP contribution in [0.5, 0.6) is 5.75 Å². The van der Waals surface area contributed by atoms with Gasteiger partial charge in [-0.2, -0.15) is 0 Å². The van der Waals surface area contributed by atoms with Crippen molar-refractivity contribution < 1.29 is 9.13 Å². The molecule has 0 atom stereocenters. The third-order valence-electron chi connectivity index (χ3n) is 2.81. The Kier molecular flexibility index (Phi) is 4.85. The maximum atomic E-state index is 13.0. The molecule has 0 unspecified atom stereocenters. The molecule has 0 aliphatic carbocycles. The highest BCUT2D eigenvalue weighted by molar-refractivity contribution is 6.31. The van der Waals surface area contributed by atoms with Crippen LogP contribution < -0.4 is 10.1 Å². The maximum Gasteiger partial charge on any atom is 0.141 e. The van der Waals surface area contributed by atoms with Gasteiger partial charge in [-0.1, -0.05) is 17.7 Å². The maximum absolute atomic E-state index is 13.0. The molecule has 0 bridgehead atoms. The van der Waals surface area contributed by atoms with E-state index in [1.165, 1.54) is 17.2 Å². The normalized spacial score (nSPS) is 10.4. The zero-order valence-electron chi connectivity index (χ0n) is 11.5. The van der Waals surface area contributed by atoms with E-state index in [-0.39, 0.29) is 5.02 Å². The summed E-state index contributed by atoms with van der Waals surface area (Å²) in [6.07, 6.45) is 0. The fourth-order valence-electron chi connectivity index (χ4n) is 1.99. The molecule has 0 aliphatic rings. The van der Waals surface area contributed by atoms with Crippen molar-refractivity contribution in [2.45, 2.75) is 13.8 Å². The number of hydrogen-bond acceptors (Lipinski definition) is 2. The molecule has 20 heavy (non-hydrogen) atoms. The summed E-state index contributed by atoms with van der Waals surface area (Å²) in [5, 5.41) is 3.25. The van der Waals surface area contributed by atoms with Gasteiger partial charge in [-0.3, -0.25) is 0 Å². The smallest absolute Gasteiger partial charge is 0.141 e. The molecule has 106 valence electrons. The predicted molar refractivity (Wildman–Crippen MR) is 81.3 cm³/mol. The van der Waals surface area contributed by atoms with E-state index in [1.54, 1.807) is 12.1 Å². The molecule has 0 heterocycles. The lowest BCUT2D eigenvalue weighted by Gasteiger charge is -2.10. The standard InChI is InChI=1S/C16H17ClFNO/c1-11-7-12(2)9-14(8-11)20-6-5-19-13-3-4-16(18)15(17)10-13/h3-4,7-10,19H,5-6H2,1-2H3. The van der Waals surface area contributed by atoms with Crippen molar-refractivity contribution in [3.8, 4) is 5.75 Å². The first kappa shape index (κ1) is 14.7. The van der Waals surface area contributed by atoms with E-state index in [9.17, 15) is 4.39 Å². The van der Waals surface area contributed by atoms with Crippen molar-refractivity contribution in [2.75, 3.05) is 18.5 Å². The van der Waals surface area contributed by atoms with Gasteiger partial charge in [0.1, 0.15) is 18.2 Å². The van der Waals surface area contributed by atoms with E-state index in [0.29, 0.717) is 13.2 Å². The second kappa shape index (κ2) is 6.62. The molecular weight excluding hydrogens is 277 g/mol. The van der Waals surface area contributed by atoms with E-state index in [2.05, 4.69) is 11.4 Å². The van der Waals surface area contributed by atoms with Gasteiger partial charge < -0.3 is 10.1 Å². The SMILES string of the molecule is Cc1cc(C)cc(OCCNc2ccc(F)c(Cl)c2)c1. The van der Waals surface area contributed by atoms with Crippen molar-refractivity contribution in [1.82, 2.24) is 0 Å². The molecule has 0 aliphatic heterocycles. The van der Waals surface area contributed by atoms with Gasteiger partial charge in [0.15, 0.2) is 0 Å². The molecule has 0 spiro atoms. The Balaban J connectivity index is 1.82. The predicted octanol–water partition coefficient (Wildman–Crippen LogP) is 4.59. The summed E-state index contributed by atoms with van der Waals surface area (Å²) in [6.45, 7) is 5.23. The van der Waals surface area contributed by atoms with E-state index in [0.717, 1.165) is 11.4 Å². The summed E-state index contributed by atoms with van der Waals surface area (Å²) in [4.78, 5) is 0. The van der Waals surface area contributed by atoms with Crippen LogP contribution in [0.4, 0.5) is 10.1 Å². The van der Waals surface area contributed by atoms with Gasteiger partial charge >= 0.3 is 0 Å². The first-order chi connectivity index (χ1) is 9.54. The number of rotatable bonds is 5. The number of halogens is 2. The Hall–Kier alpha value is -1.74. The molecule has 2 rings (SSSR count). The molecule has 0 radical (unpaired) electrons. The quantitative estimate of drug-likeness (QED) is 0.814. The second-order valence-corrected chi connectivity index (χ2v) is 5.13. The summed E-state index contributed by atoms with van der Waals surface area (Å²) in [5.41, 5.74) is 3.14. The van der Waals surface area contributed by atoms with Crippen LogP contribution in [0.2, 0.25) is 5.02 Å². The minimum Gasteiger partial charge on any atom is -0.492 e. The van der Waals surface area contributed by atoms with Gasteiger partial charge in [0, 0.05) is 12.2 Å². The molecule has 1 N–H and O–H groups in total. The molecule has 4 heteroatoms. The Morgan fingerprint density at radius 3 is 2.45 bits per heavy atom. The Labute approximate surface area is 123 Å². The van der Waals surface area contributed by atoms with Gasteiger partial charge in [0.05, 0.1) is 5.02 Å². The van der Waals surface area contributed by atoms with E-state index in [1.807, 2.05) is 26.0 Å². The van der Waals surface area contributed by atoms with Crippen LogP contribution in [-0.2, 0) is 0 Å². The Morgan fingerprint density at radius 1 is 1.10 bits per heavy atom. The molecule has 0 saturated heterocycles. The van der Waals surface area contributed by atoms with E-state index < -0.39 is 5.82 Å². The lowest BCUT2D eigenvalue weighted by atomic mass is 10.1. The first-order valence-corrected chi connectivity index (χ1v) is 6.82. The fraction of sp³-hybridized carbons (Fsp3) is 0.250. The minimum absolute atomic E-state index is 0.116. The highest BCUT2D eigenvalue weighted by atomic mass is 35.5. The van der Waals surface area contributed by atoms with Crippen LogP contribution >= 0.6 is 11.6 Å². The van der Waals surface area contributed by atoms with Gasteiger partial charge in [0.25, 0.3) is 0 Å². The average Bonchev–Trinajstić information content (AvgIpc) is 2.38. The van der Waals surface area contributed by atoms with Crippen LogP contribution in [0.1, 0.15) is 11.1 Å². The minimum atomic E-state index is -0.413. The third kappa shape index (κ3) is 4.14. The molecule has 2 nitrogen and oxygen atoms in total. The number of ether oxygens (including phenoxy) is 1. The number of anilines is 1. The molecule has 0 aromatic heterocycles. The largest absolute Gasteiger partial charge is 0.492 e. The summed E-state index contributed by atoms with van der Waals surface area (Å²) in [6, 6.07) is 10.7. The van der Waals surface area contributed by atoms with Gasteiger partial charge in [-0.15, -0.1) is 0 Å². The van der Waals surface area contributed by atoms with Crippen LogP contribution in [0.15, 0.2) is 36.4 Å². The Morgan fingerprint density at radius 2 is 1.80 bits per heavy atom. The summed E-state index contributed by atoms with van der Waals surface area (Å²) >= 11 is 5.71. The monoisotopic (exact) mass is 293 g/mol. The van der Waals surface area contributed by atoms with Gasteiger partial charge in [-0.25, -0.2) is 4.39 Å². The van der Waals surface area contributed by atoms with Gasteiger partial charge in [0.2, 0.25) is 0 Å². The number of nitrogens with one attached hydrogen (secondary N) is 1. The molecule has 0 amide bonds. The van der Waals surface area contributed by atoms with E-state index in [4.69, 9.17) is 16.3 Å². The molecule has 2 aromatic carbocycles. The third-order valence-corrected chi connectivity index (χ3v) is 3.10. The molecule has 2 aromatic rings. The van der Waals surface area contributed by atoms with Crippen LogP contribution in [0, 0.1) is 19.7 Å². The summed E-state index contributed by atoms with van der Waals surface area (Å²) in [5.74, 6) is 0.449. The first-order valence-electron chi connectivity index (χ1n) is 6.44. The van der Waals surface area contributed by atoms with Crippen molar-refractivity contribution >= 4 is 17.3 Å². The van der Waals surface area contributed by atoms with Gasteiger partial charge in [-0.05, 0) is 55.3 Å². The zero-order chi connectivity index (χ0) is 14.5. The topological polar surface area (TPSA) is 21.3 Å². The summed E-state index contributed by atoms with van der Waals surface area (Å²) < 4.78 is 18.7. The Bertz CT molecular complexity index is 581. The van der Waals surface area contributed by atoms with Crippen molar-refractivity contribution in [1.29, 1.82) is 0 Å². The average molecular weight is 294 g/mol. The van der Waals surface area contributed by atoms with Crippen LogP contribution in [0.3, 0.4) is 0 Å². The second-order valence-electron chi connectivity index (χ2n) is 4.73. The number of hydrogen-bond donors (Lipinski definition) is 1. The molecular formula is C16H17ClFNO. The fourth-order valence-corrected chi connectivity index (χ4v) is 2.17. The highest BCUT2D eigenvalue weighted by Gasteiger charge is 2.01.